The highest BCUT2D eigenvalue weighted by Crippen LogP contribution is 2.30. The molecule has 1 fully saturated rings. The SMILES string of the molecule is CNC(=O)C(C#N)=Cc1ccccc1OCC1CC1. The van der Waals surface area contributed by atoms with Gasteiger partial charge in [-0.1, -0.05) is 18.2 Å². The summed E-state index contributed by atoms with van der Waals surface area (Å²) >= 11 is 0. The molecular formula is C15H16N2O2. The van der Waals surface area contributed by atoms with Crippen LogP contribution in [0.15, 0.2) is 29.8 Å². The van der Waals surface area contributed by atoms with Gasteiger partial charge in [0.15, 0.2) is 0 Å². The Kier molecular flexibility index (Phi) is 4.19. The highest BCUT2D eigenvalue weighted by Gasteiger charge is 2.22. The van der Waals surface area contributed by atoms with Crippen LogP contribution in [0.3, 0.4) is 0 Å². The van der Waals surface area contributed by atoms with E-state index in [1.807, 2.05) is 30.3 Å². The van der Waals surface area contributed by atoms with Crippen LogP contribution in [0.1, 0.15) is 18.4 Å². The summed E-state index contributed by atoms with van der Waals surface area (Å²) in [4.78, 5) is 11.5. The van der Waals surface area contributed by atoms with Crippen molar-refractivity contribution in [3.8, 4) is 11.8 Å². The summed E-state index contributed by atoms with van der Waals surface area (Å²) in [6.07, 6.45) is 4.00. The molecule has 1 aromatic carbocycles. The van der Waals surface area contributed by atoms with E-state index in [0.717, 1.165) is 5.56 Å². The Hall–Kier alpha value is -2.28. The Bertz CT molecular complexity index is 539. The third kappa shape index (κ3) is 3.59. The second kappa shape index (κ2) is 6.05. The second-order valence-electron chi connectivity index (χ2n) is 4.54. The van der Waals surface area contributed by atoms with Crippen molar-refractivity contribution in [2.45, 2.75) is 12.8 Å². The number of nitrogens with zero attached hydrogens (tertiary/aromatic N) is 1. The Balaban J connectivity index is 2.20. The first-order valence-corrected chi connectivity index (χ1v) is 6.30. The smallest absolute Gasteiger partial charge is 0.261 e. The molecule has 1 aliphatic carbocycles. The molecule has 0 heterocycles. The number of rotatable bonds is 5. The van der Waals surface area contributed by atoms with Gasteiger partial charge in [-0.05, 0) is 30.9 Å². The number of hydrogen-bond acceptors (Lipinski definition) is 3. The first-order chi connectivity index (χ1) is 9.24. The number of likely N-dealkylation sites (N-methyl/N-ethyl adjacent to an activating group) is 1. The third-order valence-electron chi connectivity index (χ3n) is 2.98. The normalized spacial score (nSPS) is 14.6. The minimum absolute atomic E-state index is 0.0740. The number of amides is 1. The number of ether oxygens (including phenoxy) is 1. The Morgan fingerprint density at radius 3 is 2.89 bits per heavy atom. The van der Waals surface area contributed by atoms with E-state index in [2.05, 4.69) is 5.32 Å². The van der Waals surface area contributed by atoms with E-state index >= 15 is 0 Å². The molecule has 0 radical (unpaired) electrons. The molecule has 1 aliphatic rings. The predicted molar refractivity (Wildman–Crippen MR) is 72.3 cm³/mol. The maximum absolute atomic E-state index is 11.5. The van der Waals surface area contributed by atoms with Gasteiger partial charge >= 0.3 is 0 Å². The van der Waals surface area contributed by atoms with E-state index in [1.54, 1.807) is 6.08 Å². The van der Waals surface area contributed by atoms with Gasteiger partial charge in [-0.2, -0.15) is 5.26 Å². The highest BCUT2D eigenvalue weighted by atomic mass is 16.5. The molecule has 0 saturated heterocycles. The fraction of sp³-hybridized carbons (Fsp3) is 0.333. The van der Waals surface area contributed by atoms with E-state index in [-0.39, 0.29) is 11.5 Å². The summed E-state index contributed by atoms with van der Waals surface area (Å²) in [5.74, 6) is 0.983. The summed E-state index contributed by atoms with van der Waals surface area (Å²) in [6.45, 7) is 0.701. The molecule has 0 aliphatic heterocycles. The highest BCUT2D eigenvalue weighted by molar-refractivity contribution is 6.01. The van der Waals surface area contributed by atoms with Crippen molar-refractivity contribution in [2.75, 3.05) is 13.7 Å². The molecule has 0 unspecified atom stereocenters. The molecule has 0 aromatic heterocycles. The Labute approximate surface area is 112 Å². The minimum Gasteiger partial charge on any atom is -0.493 e. The van der Waals surface area contributed by atoms with Gasteiger partial charge in [0, 0.05) is 12.6 Å². The number of nitriles is 1. The zero-order valence-corrected chi connectivity index (χ0v) is 10.8. The van der Waals surface area contributed by atoms with Crippen molar-refractivity contribution in [2.24, 2.45) is 5.92 Å². The second-order valence-corrected chi connectivity index (χ2v) is 4.54. The van der Waals surface area contributed by atoms with Crippen LogP contribution in [-0.2, 0) is 4.79 Å². The van der Waals surface area contributed by atoms with E-state index < -0.39 is 0 Å². The lowest BCUT2D eigenvalue weighted by Crippen LogP contribution is -2.19. The first kappa shape index (κ1) is 13.2. The van der Waals surface area contributed by atoms with Gasteiger partial charge in [0.05, 0.1) is 6.61 Å². The van der Waals surface area contributed by atoms with Crippen LogP contribution in [0.5, 0.6) is 5.75 Å². The van der Waals surface area contributed by atoms with Crippen molar-refractivity contribution in [3.63, 3.8) is 0 Å². The van der Waals surface area contributed by atoms with E-state index in [9.17, 15) is 4.79 Å². The molecule has 1 N–H and O–H groups in total. The zero-order chi connectivity index (χ0) is 13.7. The van der Waals surface area contributed by atoms with E-state index in [4.69, 9.17) is 10.00 Å². The lowest BCUT2D eigenvalue weighted by molar-refractivity contribution is -0.116. The largest absolute Gasteiger partial charge is 0.493 e. The van der Waals surface area contributed by atoms with Crippen LogP contribution < -0.4 is 10.1 Å². The zero-order valence-electron chi connectivity index (χ0n) is 10.8. The number of carbonyl (C=O) groups excluding carboxylic acids is 1. The molecule has 1 saturated carbocycles. The van der Waals surface area contributed by atoms with Crippen molar-refractivity contribution < 1.29 is 9.53 Å². The molecule has 4 heteroatoms. The molecule has 2 rings (SSSR count). The van der Waals surface area contributed by atoms with Crippen molar-refractivity contribution in [3.05, 3.63) is 35.4 Å². The van der Waals surface area contributed by atoms with Gasteiger partial charge in [0.1, 0.15) is 17.4 Å². The maximum atomic E-state index is 11.5. The Morgan fingerprint density at radius 2 is 2.26 bits per heavy atom. The average Bonchev–Trinajstić information content (AvgIpc) is 3.27. The van der Waals surface area contributed by atoms with Crippen LogP contribution in [0.2, 0.25) is 0 Å². The molecular weight excluding hydrogens is 240 g/mol. The predicted octanol–water partition coefficient (Wildman–Crippen LogP) is 2.13. The van der Waals surface area contributed by atoms with Crippen LogP contribution in [0, 0.1) is 17.2 Å². The minimum atomic E-state index is -0.389. The molecule has 4 nitrogen and oxygen atoms in total. The fourth-order valence-electron chi connectivity index (χ4n) is 1.66. The average molecular weight is 256 g/mol. The van der Waals surface area contributed by atoms with E-state index in [1.165, 1.54) is 19.9 Å². The number of para-hydroxylation sites is 1. The van der Waals surface area contributed by atoms with Crippen LogP contribution in [-0.4, -0.2) is 19.6 Å². The summed E-state index contributed by atoms with van der Waals surface area (Å²) in [5, 5.41) is 11.4. The third-order valence-corrected chi connectivity index (χ3v) is 2.98. The first-order valence-electron chi connectivity index (χ1n) is 6.30. The van der Waals surface area contributed by atoms with Gasteiger partial charge in [-0.3, -0.25) is 4.79 Å². The summed E-state index contributed by atoms with van der Waals surface area (Å²) in [5.41, 5.74) is 0.827. The molecule has 98 valence electrons. The van der Waals surface area contributed by atoms with Gasteiger partial charge in [0.2, 0.25) is 0 Å². The van der Waals surface area contributed by atoms with Crippen molar-refractivity contribution >= 4 is 12.0 Å². The Morgan fingerprint density at radius 1 is 1.53 bits per heavy atom. The summed E-state index contributed by atoms with van der Waals surface area (Å²) in [6, 6.07) is 9.33. The number of hydrogen-bond donors (Lipinski definition) is 1. The topological polar surface area (TPSA) is 62.1 Å². The van der Waals surface area contributed by atoms with Gasteiger partial charge in [-0.15, -0.1) is 0 Å². The molecule has 1 amide bonds. The molecule has 19 heavy (non-hydrogen) atoms. The van der Waals surface area contributed by atoms with Crippen molar-refractivity contribution in [1.82, 2.24) is 5.32 Å². The number of benzene rings is 1. The molecule has 0 spiro atoms. The van der Waals surface area contributed by atoms with Crippen LogP contribution in [0.4, 0.5) is 0 Å². The lowest BCUT2D eigenvalue weighted by atomic mass is 10.1. The van der Waals surface area contributed by atoms with Crippen LogP contribution >= 0.6 is 0 Å². The van der Waals surface area contributed by atoms with Gasteiger partial charge in [-0.25, -0.2) is 0 Å². The summed E-state index contributed by atoms with van der Waals surface area (Å²) in [7, 11) is 1.50. The van der Waals surface area contributed by atoms with E-state index in [0.29, 0.717) is 18.3 Å². The fourth-order valence-corrected chi connectivity index (χ4v) is 1.66. The summed E-state index contributed by atoms with van der Waals surface area (Å²) < 4.78 is 5.73. The molecule has 1 aromatic rings. The van der Waals surface area contributed by atoms with Gasteiger partial charge < -0.3 is 10.1 Å². The number of nitrogens with one attached hydrogen (secondary N) is 1. The molecule has 0 bridgehead atoms. The van der Waals surface area contributed by atoms with Crippen LogP contribution in [0.25, 0.3) is 6.08 Å². The quantitative estimate of drug-likeness (QED) is 0.648. The molecule has 0 atom stereocenters. The maximum Gasteiger partial charge on any atom is 0.261 e. The number of carbonyl (C=O) groups is 1. The monoisotopic (exact) mass is 256 g/mol. The van der Waals surface area contributed by atoms with Crippen molar-refractivity contribution in [1.29, 1.82) is 5.26 Å². The van der Waals surface area contributed by atoms with Gasteiger partial charge in [0.25, 0.3) is 5.91 Å². The lowest BCUT2D eigenvalue weighted by Gasteiger charge is -2.08. The standard InChI is InChI=1S/C15H16N2O2/c1-17-15(18)13(9-16)8-12-4-2-3-5-14(12)19-10-11-6-7-11/h2-5,8,11H,6-7,10H2,1H3,(H,17,18).